The molecule has 4 rings (SSSR count). The summed E-state index contributed by atoms with van der Waals surface area (Å²) in [5.41, 5.74) is 1.09. The third kappa shape index (κ3) is 3.60. The molecule has 1 aromatic carbocycles. The molecule has 5 nitrogen and oxygen atoms in total. The van der Waals surface area contributed by atoms with Crippen LogP contribution in [0, 0.1) is 23.7 Å². The van der Waals surface area contributed by atoms with Crippen molar-refractivity contribution in [2.75, 3.05) is 26.2 Å². The average molecular weight is 409 g/mol. The zero-order valence-corrected chi connectivity index (χ0v) is 16.4. The molecule has 1 aliphatic heterocycles. The highest BCUT2D eigenvalue weighted by atomic mass is 35.5. The number of hydrogen-bond donors (Lipinski definition) is 1. The molecule has 0 spiro atoms. The summed E-state index contributed by atoms with van der Waals surface area (Å²) < 4.78 is 0. The van der Waals surface area contributed by atoms with E-state index in [2.05, 4.69) is 4.90 Å². The van der Waals surface area contributed by atoms with Crippen LogP contribution in [0.15, 0.2) is 30.4 Å². The third-order valence-corrected chi connectivity index (χ3v) is 6.84. The number of halogens is 2. The number of piperazine rings is 1. The number of carboxylic acids is 1. The first-order chi connectivity index (χ1) is 12.9. The predicted octanol–water partition coefficient (Wildman–Crippen LogP) is 3.16. The molecule has 27 heavy (non-hydrogen) atoms. The van der Waals surface area contributed by atoms with E-state index in [1.54, 1.807) is 6.07 Å². The zero-order chi connectivity index (χ0) is 19.1. The maximum absolute atomic E-state index is 13.0. The van der Waals surface area contributed by atoms with Gasteiger partial charge in [0.2, 0.25) is 5.91 Å². The van der Waals surface area contributed by atoms with E-state index in [4.69, 9.17) is 23.2 Å². The van der Waals surface area contributed by atoms with Gasteiger partial charge in [-0.05, 0) is 36.0 Å². The first-order valence-corrected chi connectivity index (χ1v) is 10.1. The van der Waals surface area contributed by atoms with Crippen LogP contribution in [0.3, 0.4) is 0 Å². The number of hydrogen-bond acceptors (Lipinski definition) is 3. The minimum atomic E-state index is -0.844. The largest absolute Gasteiger partial charge is 0.481 e. The smallest absolute Gasteiger partial charge is 0.307 e. The summed E-state index contributed by atoms with van der Waals surface area (Å²) in [5, 5.41) is 10.7. The van der Waals surface area contributed by atoms with E-state index >= 15 is 0 Å². The maximum atomic E-state index is 13.0. The summed E-state index contributed by atoms with van der Waals surface area (Å²) in [6, 6.07) is 5.64. The van der Waals surface area contributed by atoms with Crippen molar-refractivity contribution in [1.82, 2.24) is 9.80 Å². The van der Waals surface area contributed by atoms with E-state index in [9.17, 15) is 14.7 Å². The Balaban J connectivity index is 1.36. The zero-order valence-electron chi connectivity index (χ0n) is 14.9. The Labute approximate surface area is 168 Å². The van der Waals surface area contributed by atoms with Gasteiger partial charge in [0.1, 0.15) is 0 Å². The first kappa shape index (κ1) is 18.8. The number of aliphatic carboxylic acids is 1. The average Bonchev–Trinajstić information content (AvgIpc) is 3.26. The van der Waals surface area contributed by atoms with Crippen molar-refractivity contribution in [2.24, 2.45) is 23.7 Å². The monoisotopic (exact) mass is 408 g/mol. The number of carbonyl (C=O) groups excluding carboxylic acids is 1. The molecule has 7 heteroatoms. The van der Waals surface area contributed by atoms with Crippen LogP contribution >= 0.6 is 23.2 Å². The van der Waals surface area contributed by atoms with E-state index in [1.807, 2.05) is 29.2 Å². The summed E-state index contributed by atoms with van der Waals surface area (Å²) in [6.07, 6.45) is 4.81. The van der Waals surface area contributed by atoms with E-state index in [-0.39, 0.29) is 17.7 Å². The standard InChI is InChI=1S/C20H22Cl2N2O3/c21-15-4-1-12(9-16(15)22)11-23-5-7-24(8-6-23)19(25)17-13-2-3-14(10-13)18(17)20(26)27/h1-4,9,13-14,17-18H,5-8,10-11H2,(H,26,27)/t13-,14-,17-,18-/m0/s1. The Hall–Kier alpha value is -1.56. The summed E-state index contributed by atoms with van der Waals surface area (Å²) in [6.45, 7) is 3.54. The number of carboxylic acid groups (broad SMARTS) is 1. The van der Waals surface area contributed by atoms with E-state index in [0.29, 0.717) is 23.1 Å². The van der Waals surface area contributed by atoms with Gasteiger partial charge in [0.25, 0.3) is 0 Å². The number of allylic oxidation sites excluding steroid dienone is 2. The second-order valence-electron chi connectivity index (χ2n) is 7.69. The van der Waals surface area contributed by atoms with Crippen molar-refractivity contribution >= 4 is 35.1 Å². The van der Waals surface area contributed by atoms with Gasteiger partial charge in [-0.2, -0.15) is 0 Å². The quantitative estimate of drug-likeness (QED) is 0.777. The molecule has 1 N–H and O–H groups in total. The normalized spacial score (nSPS) is 30.1. The van der Waals surface area contributed by atoms with Gasteiger partial charge in [-0.3, -0.25) is 14.5 Å². The number of carbonyl (C=O) groups is 2. The summed E-state index contributed by atoms with van der Waals surface area (Å²) in [7, 11) is 0. The lowest BCUT2D eigenvalue weighted by molar-refractivity contribution is -0.151. The van der Waals surface area contributed by atoms with Crippen LogP contribution in [-0.4, -0.2) is 53.0 Å². The van der Waals surface area contributed by atoms with Crippen LogP contribution in [-0.2, 0) is 16.1 Å². The Morgan fingerprint density at radius 1 is 1.00 bits per heavy atom. The maximum Gasteiger partial charge on any atom is 0.307 e. The van der Waals surface area contributed by atoms with E-state index in [0.717, 1.165) is 31.6 Å². The molecular weight excluding hydrogens is 387 g/mol. The fourth-order valence-corrected chi connectivity index (χ4v) is 5.05. The highest BCUT2D eigenvalue weighted by molar-refractivity contribution is 6.42. The molecule has 2 bridgehead atoms. The van der Waals surface area contributed by atoms with Crippen molar-refractivity contribution in [1.29, 1.82) is 0 Å². The summed E-state index contributed by atoms with van der Waals surface area (Å²) in [5.74, 6) is -1.71. The second kappa shape index (κ2) is 7.46. The van der Waals surface area contributed by atoms with Crippen LogP contribution < -0.4 is 0 Å². The minimum absolute atomic E-state index is 0.00781. The fourth-order valence-electron chi connectivity index (χ4n) is 4.73. The Kier molecular flexibility index (Phi) is 5.19. The second-order valence-corrected chi connectivity index (χ2v) is 8.50. The fraction of sp³-hybridized carbons (Fsp3) is 0.500. The Bertz CT molecular complexity index is 789. The molecule has 1 saturated heterocycles. The number of fused-ring (bicyclic) bond motifs is 2. The van der Waals surface area contributed by atoms with Crippen molar-refractivity contribution < 1.29 is 14.7 Å². The third-order valence-electron chi connectivity index (χ3n) is 6.10. The van der Waals surface area contributed by atoms with E-state index in [1.165, 1.54) is 0 Å². The molecule has 1 amide bonds. The molecule has 1 aromatic rings. The van der Waals surface area contributed by atoms with Gasteiger partial charge in [0, 0.05) is 32.7 Å². The highest BCUT2D eigenvalue weighted by Crippen LogP contribution is 2.48. The molecular formula is C20H22Cl2N2O3. The summed E-state index contributed by atoms with van der Waals surface area (Å²) >= 11 is 12.0. The Morgan fingerprint density at radius 2 is 1.67 bits per heavy atom. The van der Waals surface area contributed by atoms with Crippen LogP contribution in [0.5, 0.6) is 0 Å². The van der Waals surface area contributed by atoms with Crippen molar-refractivity contribution in [3.05, 3.63) is 46.0 Å². The van der Waals surface area contributed by atoms with Gasteiger partial charge in [-0.1, -0.05) is 41.4 Å². The molecule has 0 radical (unpaired) electrons. The van der Waals surface area contributed by atoms with Gasteiger partial charge in [0.05, 0.1) is 21.9 Å². The van der Waals surface area contributed by atoms with Gasteiger partial charge in [0.15, 0.2) is 0 Å². The number of amides is 1. The van der Waals surface area contributed by atoms with Gasteiger partial charge in [-0.15, -0.1) is 0 Å². The van der Waals surface area contributed by atoms with Gasteiger partial charge >= 0.3 is 5.97 Å². The SMILES string of the molecule is O=C(O)[C@@H]1[C@@H](C(=O)N2CCN(Cc3ccc(Cl)c(Cl)c3)CC2)[C@H]2C=C[C@H]1C2. The van der Waals surface area contributed by atoms with Crippen molar-refractivity contribution in [3.8, 4) is 0 Å². The van der Waals surface area contributed by atoms with Crippen LogP contribution in [0.25, 0.3) is 0 Å². The topological polar surface area (TPSA) is 60.9 Å². The molecule has 3 aliphatic rings. The minimum Gasteiger partial charge on any atom is -0.481 e. The molecule has 0 aromatic heterocycles. The molecule has 2 aliphatic carbocycles. The molecule has 1 heterocycles. The predicted molar refractivity (Wildman–Crippen MR) is 104 cm³/mol. The molecule has 0 unspecified atom stereocenters. The first-order valence-electron chi connectivity index (χ1n) is 9.30. The Morgan fingerprint density at radius 3 is 2.30 bits per heavy atom. The molecule has 2 fully saturated rings. The van der Waals surface area contributed by atoms with Crippen molar-refractivity contribution in [3.63, 3.8) is 0 Å². The lowest BCUT2D eigenvalue weighted by Gasteiger charge is -2.37. The van der Waals surface area contributed by atoms with Gasteiger partial charge < -0.3 is 10.0 Å². The van der Waals surface area contributed by atoms with E-state index < -0.39 is 17.8 Å². The lowest BCUT2D eigenvalue weighted by atomic mass is 9.82. The van der Waals surface area contributed by atoms with Crippen LogP contribution in [0.2, 0.25) is 10.0 Å². The molecule has 144 valence electrons. The van der Waals surface area contributed by atoms with Crippen molar-refractivity contribution in [2.45, 2.75) is 13.0 Å². The highest BCUT2D eigenvalue weighted by Gasteiger charge is 2.52. The lowest BCUT2D eigenvalue weighted by Crippen LogP contribution is -2.52. The van der Waals surface area contributed by atoms with Crippen LogP contribution in [0.4, 0.5) is 0 Å². The van der Waals surface area contributed by atoms with Gasteiger partial charge in [-0.25, -0.2) is 0 Å². The number of benzene rings is 1. The molecule has 1 saturated carbocycles. The summed E-state index contributed by atoms with van der Waals surface area (Å²) in [4.78, 5) is 28.8. The van der Waals surface area contributed by atoms with Crippen LogP contribution in [0.1, 0.15) is 12.0 Å². The molecule has 4 atom stereocenters. The number of rotatable bonds is 4. The number of nitrogens with zero attached hydrogens (tertiary/aromatic N) is 2.